The Morgan fingerprint density at radius 2 is 2.06 bits per heavy atom. The van der Waals surface area contributed by atoms with Crippen molar-refractivity contribution in [3.8, 4) is 5.75 Å². The Hall–Kier alpha value is -1.07. The highest BCUT2D eigenvalue weighted by Gasteiger charge is 2.38. The highest BCUT2D eigenvalue weighted by atomic mass is 32.2. The van der Waals surface area contributed by atoms with Gasteiger partial charge in [0.1, 0.15) is 5.75 Å². The summed E-state index contributed by atoms with van der Waals surface area (Å²) in [6.07, 6.45) is 3.64. The summed E-state index contributed by atoms with van der Waals surface area (Å²) in [6, 6.07) is 4.44. The highest BCUT2D eigenvalue weighted by molar-refractivity contribution is 7.90. The molecule has 5 heteroatoms. The zero-order valence-electron chi connectivity index (χ0n) is 9.10. The molecule has 4 nitrogen and oxygen atoms in total. The number of sulfone groups is 1. The molecule has 0 heterocycles. The topological polar surface area (TPSA) is 80.4 Å². The summed E-state index contributed by atoms with van der Waals surface area (Å²) < 4.78 is 22.5. The van der Waals surface area contributed by atoms with Crippen LogP contribution in [0.25, 0.3) is 0 Å². The number of rotatable bonds is 3. The van der Waals surface area contributed by atoms with Crippen LogP contribution in [0.3, 0.4) is 0 Å². The van der Waals surface area contributed by atoms with Crippen LogP contribution in [-0.2, 0) is 16.3 Å². The van der Waals surface area contributed by atoms with Crippen LogP contribution in [0.15, 0.2) is 23.1 Å². The van der Waals surface area contributed by atoms with E-state index in [9.17, 15) is 13.5 Å². The molecular formula is C11H15NO3S. The first-order chi connectivity index (χ1) is 7.30. The van der Waals surface area contributed by atoms with Crippen LogP contribution >= 0.6 is 0 Å². The Balaban J connectivity index is 2.30. The van der Waals surface area contributed by atoms with Crippen molar-refractivity contribution in [3.63, 3.8) is 0 Å². The van der Waals surface area contributed by atoms with Crippen molar-refractivity contribution in [2.45, 2.75) is 29.7 Å². The molecule has 1 aliphatic carbocycles. The molecule has 0 unspecified atom stereocenters. The Morgan fingerprint density at radius 3 is 2.50 bits per heavy atom. The minimum atomic E-state index is -3.26. The maximum Gasteiger partial charge on any atom is 0.175 e. The maximum absolute atomic E-state index is 11.3. The fraction of sp³-hybridized carbons (Fsp3) is 0.455. The highest BCUT2D eigenvalue weighted by Crippen LogP contribution is 2.37. The minimum absolute atomic E-state index is 0.0136. The van der Waals surface area contributed by atoms with Gasteiger partial charge < -0.3 is 10.8 Å². The third-order valence-electron chi connectivity index (χ3n) is 2.92. The van der Waals surface area contributed by atoms with Gasteiger partial charge in [-0.15, -0.1) is 0 Å². The molecule has 3 N–H and O–H groups in total. The molecule has 0 atom stereocenters. The SMILES string of the molecule is CS(=O)(=O)c1ccc(CC2(N)CC2)c(O)c1. The van der Waals surface area contributed by atoms with Crippen molar-refractivity contribution in [1.29, 1.82) is 0 Å². The molecule has 0 bridgehead atoms. The van der Waals surface area contributed by atoms with Crippen LogP contribution in [-0.4, -0.2) is 25.3 Å². The van der Waals surface area contributed by atoms with E-state index in [1.165, 1.54) is 12.1 Å². The summed E-state index contributed by atoms with van der Waals surface area (Å²) in [7, 11) is -3.26. The smallest absolute Gasteiger partial charge is 0.175 e. The average Bonchev–Trinajstić information content (AvgIpc) is 2.86. The number of phenolic OH excluding ortho intramolecular Hbond substituents is 1. The molecule has 2 rings (SSSR count). The first kappa shape index (κ1) is 11.4. The molecule has 0 aliphatic heterocycles. The van der Waals surface area contributed by atoms with E-state index in [2.05, 4.69) is 0 Å². The molecule has 1 saturated carbocycles. The number of hydrogen-bond donors (Lipinski definition) is 2. The maximum atomic E-state index is 11.3. The quantitative estimate of drug-likeness (QED) is 0.821. The molecule has 0 radical (unpaired) electrons. The summed E-state index contributed by atoms with van der Waals surface area (Å²) in [6.45, 7) is 0. The minimum Gasteiger partial charge on any atom is -0.508 e. The van der Waals surface area contributed by atoms with E-state index in [4.69, 9.17) is 5.73 Å². The van der Waals surface area contributed by atoms with Gasteiger partial charge in [0.2, 0.25) is 0 Å². The molecule has 0 saturated heterocycles. The Morgan fingerprint density at radius 1 is 1.44 bits per heavy atom. The molecule has 1 fully saturated rings. The summed E-state index contributed by atoms with van der Waals surface area (Å²) >= 11 is 0. The number of hydrogen-bond acceptors (Lipinski definition) is 4. The monoisotopic (exact) mass is 241 g/mol. The van der Waals surface area contributed by atoms with Crippen LogP contribution in [0.1, 0.15) is 18.4 Å². The van der Waals surface area contributed by atoms with Crippen LogP contribution in [0.4, 0.5) is 0 Å². The second kappa shape index (κ2) is 3.46. The Kier molecular flexibility index (Phi) is 2.47. The van der Waals surface area contributed by atoms with Gasteiger partial charge in [-0.3, -0.25) is 0 Å². The summed E-state index contributed by atoms with van der Waals surface area (Å²) in [4.78, 5) is 0.135. The van der Waals surface area contributed by atoms with Gasteiger partial charge in [-0.2, -0.15) is 0 Å². The molecular weight excluding hydrogens is 226 g/mol. The van der Waals surface area contributed by atoms with E-state index < -0.39 is 9.84 Å². The van der Waals surface area contributed by atoms with Gasteiger partial charge >= 0.3 is 0 Å². The predicted octanol–water partition coefficient (Wildman–Crippen LogP) is 0.829. The fourth-order valence-corrected chi connectivity index (χ4v) is 2.28. The number of benzene rings is 1. The van der Waals surface area contributed by atoms with Crippen LogP contribution in [0, 0.1) is 0 Å². The summed E-state index contributed by atoms with van der Waals surface area (Å²) in [5.74, 6) is 0.0136. The molecule has 0 aromatic heterocycles. The van der Waals surface area contributed by atoms with Crippen LogP contribution in [0.2, 0.25) is 0 Å². The normalized spacial score (nSPS) is 18.4. The molecule has 1 aromatic rings. The predicted molar refractivity (Wildman–Crippen MR) is 61.1 cm³/mol. The van der Waals surface area contributed by atoms with Crippen molar-refractivity contribution in [1.82, 2.24) is 0 Å². The largest absolute Gasteiger partial charge is 0.508 e. The molecule has 0 spiro atoms. The zero-order valence-corrected chi connectivity index (χ0v) is 9.92. The number of nitrogens with two attached hydrogens (primary N) is 1. The van der Waals surface area contributed by atoms with E-state index in [1.807, 2.05) is 0 Å². The van der Waals surface area contributed by atoms with E-state index in [-0.39, 0.29) is 16.2 Å². The fourth-order valence-electron chi connectivity index (χ4n) is 1.64. The first-order valence-corrected chi connectivity index (χ1v) is 7.00. The standard InChI is InChI=1S/C11H15NO3S/c1-16(14,15)9-3-2-8(10(13)6-9)7-11(12)4-5-11/h2-3,6,13H,4-5,7,12H2,1H3. The van der Waals surface area contributed by atoms with Gasteiger partial charge in [-0.1, -0.05) is 6.07 Å². The third kappa shape index (κ3) is 2.36. The van der Waals surface area contributed by atoms with Gasteiger partial charge in [-0.05, 0) is 37.0 Å². The van der Waals surface area contributed by atoms with Crippen molar-refractivity contribution in [2.24, 2.45) is 5.73 Å². The Labute approximate surface area is 95.0 Å². The van der Waals surface area contributed by atoms with Crippen molar-refractivity contribution >= 4 is 9.84 Å². The van der Waals surface area contributed by atoms with Gasteiger partial charge in [0, 0.05) is 11.8 Å². The lowest BCUT2D eigenvalue weighted by Gasteiger charge is -2.10. The summed E-state index contributed by atoms with van der Waals surface area (Å²) in [5, 5.41) is 9.73. The van der Waals surface area contributed by atoms with Crippen LogP contribution < -0.4 is 5.73 Å². The van der Waals surface area contributed by atoms with Crippen molar-refractivity contribution in [2.75, 3.05) is 6.26 Å². The second-order valence-corrected chi connectivity index (χ2v) is 6.62. The van der Waals surface area contributed by atoms with E-state index in [1.54, 1.807) is 6.07 Å². The van der Waals surface area contributed by atoms with E-state index >= 15 is 0 Å². The second-order valence-electron chi connectivity index (χ2n) is 4.60. The van der Waals surface area contributed by atoms with Crippen LogP contribution in [0.5, 0.6) is 5.75 Å². The van der Waals surface area contributed by atoms with E-state index in [0.717, 1.165) is 19.1 Å². The lowest BCUT2D eigenvalue weighted by Crippen LogP contribution is -2.24. The lowest BCUT2D eigenvalue weighted by molar-refractivity contribution is 0.461. The zero-order chi connectivity index (χ0) is 12.0. The molecule has 88 valence electrons. The van der Waals surface area contributed by atoms with Crippen molar-refractivity contribution < 1.29 is 13.5 Å². The summed E-state index contributed by atoms with van der Waals surface area (Å²) in [5.41, 5.74) is 6.47. The van der Waals surface area contributed by atoms with Gasteiger partial charge in [-0.25, -0.2) is 8.42 Å². The molecule has 1 aliphatic rings. The number of phenols is 1. The van der Waals surface area contributed by atoms with Gasteiger partial charge in [0.05, 0.1) is 4.90 Å². The van der Waals surface area contributed by atoms with Crippen molar-refractivity contribution in [3.05, 3.63) is 23.8 Å². The number of aromatic hydroxyl groups is 1. The lowest BCUT2D eigenvalue weighted by atomic mass is 10.0. The molecule has 16 heavy (non-hydrogen) atoms. The van der Waals surface area contributed by atoms with Gasteiger partial charge in [0.25, 0.3) is 0 Å². The molecule has 1 aromatic carbocycles. The molecule has 0 amide bonds. The Bertz CT molecular complexity index is 518. The third-order valence-corrected chi connectivity index (χ3v) is 4.03. The first-order valence-electron chi connectivity index (χ1n) is 5.11. The van der Waals surface area contributed by atoms with E-state index in [0.29, 0.717) is 12.0 Å². The average molecular weight is 241 g/mol. The van der Waals surface area contributed by atoms with Gasteiger partial charge in [0.15, 0.2) is 9.84 Å².